The predicted octanol–water partition coefficient (Wildman–Crippen LogP) is 0.981. The molecule has 2 aliphatic heterocycles. The zero-order valence-electron chi connectivity index (χ0n) is 11.0. The van der Waals surface area contributed by atoms with Crippen LogP contribution in [0.4, 0.5) is 4.39 Å². The number of rotatable bonds is 3. The SMILES string of the molecule is C=CCN1C[C@@H]2CN(C(=O)C3(F)CCC3)C[C@@H]2C1=O. The first-order chi connectivity index (χ1) is 9.05. The van der Waals surface area contributed by atoms with Gasteiger partial charge in [-0.3, -0.25) is 9.59 Å². The third-order valence-electron chi connectivity index (χ3n) is 4.69. The van der Waals surface area contributed by atoms with Crippen molar-refractivity contribution < 1.29 is 14.0 Å². The van der Waals surface area contributed by atoms with Gasteiger partial charge >= 0.3 is 0 Å². The van der Waals surface area contributed by atoms with E-state index in [9.17, 15) is 14.0 Å². The molecule has 3 fully saturated rings. The number of carbonyl (C=O) groups is 2. The Balaban J connectivity index is 1.65. The molecule has 0 aromatic carbocycles. The number of fused-ring (bicyclic) bond motifs is 1. The molecule has 0 bridgehead atoms. The fourth-order valence-electron chi connectivity index (χ4n) is 3.41. The summed E-state index contributed by atoms with van der Waals surface area (Å²) in [6.07, 6.45) is 3.18. The highest BCUT2D eigenvalue weighted by atomic mass is 19.1. The minimum absolute atomic E-state index is 0.0849. The summed E-state index contributed by atoms with van der Waals surface area (Å²) in [6.45, 7) is 5.78. The highest BCUT2D eigenvalue weighted by Gasteiger charge is 2.52. The summed E-state index contributed by atoms with van der Waals surface area (Å²) in [5.41, 5.74) is -1.64. The molecular weight excluding hydrogens is 247 g/mol. The summed E-state index contributed by atoms with van der Waals surface area (Å²) < 4.78 is 14.1. The van der Waals surface area contributed by atoms with Gasteiger partial charge < -0.3 is 9.80 Å². The maximum absolute atomic E-state index is 14.1. The minimum Gasteiger partial charge on any atom is -0.339 e. The van der Waals surface area contributed by atoms with Gasteiger partial charge in [0.25, 0.3) is 5.91 Å². The highest BCUT2D eigenvalue weighted by Crippen LogP contribution is 2.40. The van der Waals surface area contributed by atoms with E-state index in [4.69, 9.17) is 0 Å². The lowest BCUT2D eigenvalue weighted by Crippen LogP contribution is -2.50. The maximum Gasteiger partial charge on any atom is 0.260 e. The molecule has 0 radical (unpaired) electrons. The van der Waals surface area contributed by atoms with Crippen LogP contribution >= 0.6 is 0 Å². The van der Waals surface area contributed by atoms with E-state index < -0.39 is 11.6 Å². The van der Waals surface area contributed by atoms with E-state index in [1.165, 1.54) is 0 Å². The van der Waals surface area contributed by atoms with Crippen LogP contribution in [0.2, 0.25) is 0 Å². The van der Waals surface area contributed by atoms with Gasteiger partial charge in [-0.2, -0.15) is 0 Å². The lowest BCUT2D eigenvalue weighted by atomic mass is 9.81. The Morgan fingerprint density at radius 3 is 2.68 bits per heavy atom. The number of alkyl halides is 1. The Morgan fingerprint density at radius 1 is 1.42 bits per heavy atom. The third kappa shape index (κ3) is 1.86. The van der Waals surface area contributed by atoms with Gasteiger partial charge in [0, 0.05) is 32.1 Å². The van der Waals surface area contributed by atoms with E-state index in [1.807, 2.05) is 0 Å². The molecule has 0 unspecified atom stereocenters. The fourth-order valence-corrected chi connectivity index (χ4v) is 3.41. The minimum atomic E-state index is -1.64. The van der Waals surface area contributed by atoms with Crippen LogP contribution in [-0.2, 0) is 9.59 Å². The number of likely N-dealkylation sites (tertiary alicyclic amines) is 2. The van der Waals surface area contributed by atoms with Crippen LogP contribution in [-0.4, -0.2) is 53.5 Å². The molecule has 0 aromatic heterocycles. The molecule has 2 saturated heterocycles. The number of halogens is 1. The summed E-state index contributed by atoms with van der Waals surface area (Å²) >= 11 is 0. The second kappa shape index (κ2) is 4.32. The van der Waals surface area contributed by atoms with Gasteiger partial charge in [-0.15, -0.1) is 6.58 Å². The Kier molecular flexibility index (Phi) is 2.87. The molecule has 2 heterocycles. The Bertz CT molecular complexity index is 433. The topological polar surface area (TPSA) is 40.6 Å². The van der Waals surface area contributed by atoms with E-state index in [-0.39, 0.29) is 17.7 Å². The predicted molar refractivity (Wildman–Crippen MR) is 68.0 cm³/mol. The maximum atomic E-state index is 14.1. The zero-order chi connectivity index (χ0) is 13.6. The molecular formula is C14H19FN2O2. The van der Waals surface area contributed by atoms with Gasteiger partial charge in [0.15, 0.2) is 5.67 Å². The number of amides is 2. The van der Waals surface area contributed by atoms with Gasteiger partial charge in [-0.1, -0.05) is 6.08 Å². The molecule has 3 aliphatic rings. The molecule has 2 atom stereocenters. The van der Waals surface area contributed by atoms with Crippen molar-refractivity contribution in [3.63, 3.8) is 0 Å². The van der Waals surface area contributed by atoms with E-state index in [1.54, 1.807) is 15.9 Å². The Labute approximate surface area is 112 Å². The van der Waals surface area contributed by atoms with Crippen LogP contribution in [0.5, 0.6) is 0 Å². The molecule has 0 spiro atoms. The number of hydrogen-bond donors (Lipinski definition) is 0. The normalized spacial score (nSPS) is 32.2. The molecule has 5 heteroatoms. The molecule has 2 amide bonds. The van der Waals surface area contributed by atoms with Crippen molar-refractivity contribution in [3.8, 4) is 0 Å². The van der Waals surface area contributed by atoms with E-state index in [0.717, 1.165) is 6.42 Å². The summed E-state index contributed by atoms with van der Waals surface area (Å²) in [7, 11) is 0. The van der Waals surface area contributed by atoms with Crippen molar-refractivity contribution in [2.24, 2.45) is 11.8 Å². The summed E-state index contributed by atoms with van der Waals surface area (Å²) in [5, 5.41) is 0. The van der Waals surface area contributed by atoms with Crippen LogP contribution in [0.15, 0.2) is 12.7 Å². The molecule has 1 aliphatic carbocycles. The van der Waals surface area contributed by atoms with Gasteiger partial charge in [0.2, 0.25) is 5.91 Å². The van der Waals surface area contributed by atoms with Crippen molar-refractivity contribution in [2.45, 2.75) is 24.9 Å². The van der Waals surface area contributed by atoms with Gasteiger partial charge in [0.05, 0.1) is 5.92 Å². The molecule has 4 nitrogen and oxygen atoms in total. The second-order valence-corrected chi connectivity index (χ2v) is 5.93. The fraction of sp³-hybridized carbons (Fsp3) is 0.714. The van der Waals surface area contributed by atoms with Crippen LogP contribution in [0.25, 0.3) is 0 Å². The summed E-state index contributed by atoms with van der Waals surface area (Å²) in [4.78, 5) is 27.6. The van der Waals surface area contributed by atoms with Crippen LogP contribution in [0.3, 0.4) is 0 Å². The lowest BCUT2D eigenvalue weighted by molar-refractivity contribution is -0.149. The van der Waals surface area contributed by atoms with Crippen LogP contribution < -0.4 is 0 Å². The molecule has 1 saturated carbocycles. The van der Waals surface area contributed by atoms with E-state index in [2.05, 4.69) is 6.58 Å². The molecule has 19 heavy (non-hydrogen) atoms. The molecule has 104 valence electrons. The number of hydrogen-bond acceptors (Lipinski definition) is 2. The first-order valence-corrected chi connectivity index (χ1v) is 6.93. The van der Waals surface area contributed by atoms with Crippen molar-refractivity contribution in [3.05, 3.63) is 12.7 Å². The van der Waals surface area contributed by atoms with Crippen LogP contribution in [0, 0.1) is 11.8 Å². The Morgan fingerprint density at radius 2 is 2.16 bits per heavy atom. The highest BCUT2D eigenvalue weighted by molar-refractivity contribution is 5.88. The van der Waals surface area contributed by atoms with Crippen molar-refractivity contribution in [2.75, 3.05) is 26.2 Å². The van der Waals surface area contributed by atoms with E-state index in [0.29, 0.717) is 39.0 Å². The largest absolute Gasteiger partial charge is 0.339 e. The van der Waals surface area contributed by atoms with Gasteiger partial charge in [0.1, 0.15) is 0 Å². The zero-order valence-corrected chi connectivity index (χ0v) is 11.0. The van der Waals surface area contributed by atoms with Gasteiger partial charge in [-0.05, 0) is 19.3 Å². The smallest absolute Gasteiger partial charge is 0.260 e. The first kappa shape index (κ1) is 12.6. The van der Waals surface area contributed by atoms with Gasteiger partial charge in [-0.25, -0.2) is 4.39 Å². The van der Waals surface area contributed by atoms with Crippen LogP contribution in [0.1, 0.15) is 19.3 Å². The third-order valence-corrected chi connectivity index (χ3v) is 4.69. The van der Waals surface area contributed by atoms with E-state index >= 15 is 0 Å². The second-order valence-electron chi connectivity index (χ2n) is 5.93. The van der Waals surface area contributed by atoms with Crippen molar-refractivity contribution in [1.29, 1.82) is 0 Å². The van der Waals surface area contributed by atoms with Crippen molar-refractivity contribution >= 4 is 11.8 Å². The Hall–Kier alpha value is -1.39. The summed E-state index contributed by atoms with van der Waals surface area (Å²) in [6, 6.07) is 0. The quantitative estimate of drug-likeness (QED) is 0.715. The monoisotopic (exact) mass is 266 g/mol. The first-order valence-electron chi connectivity index (χ1n) is 6.93. The number of nitrogens with zero attached hydrogens (tertiary/aromatic N) is 2. The standard InChI is InChI=1S/C14H19FN2O2/c1-2-6-16-7-10-8-17(9-11(10)12(16)18)13(19)14(15)4-3-5-14/h2,10-11H,1,3-9H2/t10-,11+/m1/s1. The summed E-state index contributed by atoms with van der Waals surface area (Å²) in [5.74, 6) is -0.273. The number of carbonyl (C=O) groups excluding carboxylic acids is 2. The average molecular weight is 266 g/mol. The molecule has 0 aromatic rings. The lowest BCUT2D eigenvalue weighted by Gasteiger charge is -2.36. The molecule has 0 N–H and O–H groups in total. The average Bonchev–Trinajstić information content (AvgIpc) is 2.87. The molecule has 3 rings (SSSR count). The van der Waals surface area contributed by atoms with Crippen molar-refractivity contribution in [1.82, 2.24) is 9.80 Å².